The minimum atomic E-state index is -4.86. The summed E-state index contributed by atoms with van der Waals surface area (Å²) in [6.45, 7) is 12.3. The van der Waals surface area contributed by atoms with E-state index in [1.165, 1.54) is 34.4 Å². The molecule has 3 rings (SSSR count). The summed E-state index contributed by atoms with van der Waals surface area (Å²) in [4.78, 5) is 0. The molecule has 4 N–H and O–H groups in total. The number of allylic oxidation sites excluding steroid dienone is 6. The second kappa shape index (κ2) is 15.6. The highest BCUT2D eigenvalue weighted by Crippen LogP contribution is 2.56. The summed E-state index contributed by atoms with van der Waals surface area (Å²) < 4.78 is 74.0. The van der Waals surface area contributed by atoms with E-state index in [2.05, 4.69) is 51.0 Å². The molecule has 0 saturated heterocycles. The molecule has 1 aromatic rings. The molecule has 0 fully saturated rings. The molecule has 2 aliphatic carbocycles. The van der Waals surface area contributed by atoms with Crippen molar-refractivity contribution in [3.8, 4) is 11.5 Å². The topological polar surface area (TPSA) is 168 Å². The fraction of sp³-hybridized carbons (Fsp3) is 0.657. The van der Waals surface area contributed by atoms with Crippen LogP contribution in [0.1, 0.15) is 124 Å². The van der Waals surface area contributed by atoms with Crippen molar-refractivity contribution < 1.29 is 44.5 Å². The van der Waals surface area contributed by atoms with Gasteiger partial charge in [-0.15, -0.1) is 0 Å². The largest absolute Gasteiger partial charge is 0.446 e. The molecule has 0 radical (unpaired) electrons. The molecule has 0 amide bonds. The second-order valence-electron chi connectivity index (χ2n) is 14.6. The van der Waals surface area contributed by atoms with Gasteiger partial charge in [-0.05, 0) is 140 Å². The minimum Gasteiger partial charge on any atom is -0.390 e. The van der Waals surface area contributed by atoms with Gasteiger partial charge in [0.2, 0.25) is 0 Å². The lowest BCUT2D eigenvalue weighted by Crippen LogP contribution is -2.41. The van der Waals surface area contributed by atoms with E-state index >= 15 is 0 Å². The highest BCUT2D eigenvalue weighted by molar-refractivity contribution is 7.81. The number of rotatable bonds is 16. The number of aliphatic hydroxyl groups excluding tert-OH is 1. The van der Waals surface area contributed by atoms with Crippen LogP contribution in [0.3, 0.4) is 0 Å². The molecule has 4 atom stereocenters. The van der Waals surface area contributed by atoms with Crippen LogP contribution in [-0.2, 0) is 27.2 Å². The van der Waals surface area contributed by atoms with E-state index in [4.69, 9.17) is 4.18 Å². The molecule has 0 saturated carbocycles. The Morgan fingerprint density at radius 3 is 2.13 bits per heavy atom. The van der Waals surface area contributed by atoms with Crippen molar-refractivity contribution in [2.45, 2.75) is 137 Å². The van der Waals surface area contributed by atoms with Gasteiger partial charge < -0.3 is 18.6 Å². The van der Waals surface area contributed by atoms with E-state index in [-0.39, 0.29) is 23.3 Å². The average molecular weight is 699 g/mol. The number of aliphatic hydroxyl groups is 2. The van der Waals surface area contributed by atoms with Crippen molar-refractivity contribution in [1.29, 1.82) is 0 Å². The van der Waals surface area contributed by atoms with Crippen molar-refractivity contribution in [3.05, 3.63) is 58.2 Å². The van der Waals surface area contributed by atoms with Gasteiger partial charge in [0.05, 0.1) is 11.7 Å². The van der Waals surface area contributed by atoms with Crippen LogP contribution in [0.2, 0.25) is 0 Å². The summed E-state index contributed by atoms with van der Waals surface area (Å²) in [5.41, 5.74) is 3.60. The minimum absolute atomic E-state index is 0.161. The molecule has 47 heavy (non-hydrogen) atoms. The van der Waals surface area contributed by atoms with Crippen LogP contribution in [0, 0.1) is 10.8 Å². The Labute approximate surface area is 281 Å². The van der Waals surface area contributed by atoms with Gasteiger partial charge in [0, 0.05) is 5.56 Å². The molecule has 0 aromatic heterocycles. The fourth-order valence-electron chi connectivity index (χ4n) is 7.43. The van der Waals surface area contributed by atoms with Crippen molar-refractivity contribution in [1.82, 2.24) is 0 Å². The maximum atomic E-state index is 11.6. The van der Waals surface area contributed by atoms with Gasteiger partial charge >= 0.3 is 20.8 Å². The van der Waals surface area contributed by atoms with Gasteiger partial charge in [-0.1, -0.05) is 48.3 Å². The average Bonchev–Trinajstić information content (AvgIpc) is 2.92. The Bertz CT molecular complexity index is 1570. The monoisotopic (exact) mass is 698 g/mol. The summed E-state index contributed by atoms with van der Waals surface area (Å²) in [5.74, 6) is -0.381. The lowest BCUT2D eigenvalue weighted by Gasteiger charge is -2.48. The van der Waals surface area contributed by atoms with Crippen molar-refractivity contribution in [3.63, 3.8) is 0 Å². The molecule has 2 unspecified atom stereocenters. The fourth-order valence-corrected chi connectivity index (χ4v) is 8.17. The second-order valence-corrected chi connectivity index (χ2v) is 16.6. The van der Waals surface area contributed by atoms with Gasteiger partial charge in [-0.2, -0.15) is 16.8 Å². The molecule has 0 spiro atoms. The molecule has 0 bridgehead atoms. The van der Waals surface area contributed by atoms with Crippen LogP contribution < -0.4 is 8.37 Å². The summed E-state index contributed by atoms with van der Waals surface area (Å²) in [5, 5.41) is 22.4. The molecule has 1 aromatic carbocycles. The molecular formula is C35H54O10S2. The summed E-state index contributed by atoms with van der Waals surface area (Å²) in [6, 6.07) is 3.62. The van der Waals surface area contributed by atoms with Crippen molar-refractivity contribution in [2.24, 2.45) is 10.8 Å². The predicted molar refractivity (Wildman–Crippen MR) is 183 cm³/mol. The normalized spacial score (nSPS) is 24.3. The van der Waals surface area contributed by atoms with Crippen molar-refractivity contribution in [2.75, 3.05) is 0 Å². The van der Waals surface area contributed by atoms with Crippen LogP contribution in [0.15, 0.2) is 52.6 Å². The van der Waals surface area contributed by atoms with E-state index in [9.17, 15) is 36.2 Å². The van der Waals surface area contributed by atoms with Gasteiger partial charge in [-0.3, -0.25) is 9.11 Å². The first-order valence-electron chi connectivity index (χ1n) is 16.5. The molecule has 10 nitrogen and oxygen atoms in total. The van der Waals surface area contributed by atoms with Crippen LogP contribution in [0.25, 0.3) is 0 Å². The highest BCUT2D eigenvalue weighted by atomic mass is 32.3. The van der Waals surface area contributed by atoms with Crippen molar-refractivity contribution >= 4 is 20.8 Å². The molecule has 0 aliphatic heterocycles. The Morgan fingerprint density at radius 2 is 1.53 bits per heavy atom. The van der Waals surface area contributed by atoms with Crippen LogP contribution in [0.4, 0.5) is 0 Å². The zero-order valence-electron chi connectivity index (χ0n) is 28.7. The Hall–Kier alpha value is -2.22. The third kappa shape index (κ3) is 11.7. The van der Waals surface area contributed by atoms with Crippen LogP contribution >= 0.6 is 0 Å². The van der Waals surface area contributed by atoms with E-state index < -0.39 is 37.9 Å². The first-order chi connectivity index (χ1) is 21.6. The quantitative estimate of drug-likeness (QED) is 0.0995. The maximum absolute atomic E-state index is 11.6. The SMILES string of the molecule is CC(C)=CCC/C(C)=C/CCC(C)(O)C(O)CC[C@]1(C)CCCC2=C1CCC[C@@]2(C)Cc1cc(OS(=O)(=O)O)ccc1OS(=O)(=O)O. The Morgan fingerprint density at radius 1 is 0.936 bits per heavy atom. The zero-order chi connectivity index (χ0) is 35.3. The summed E-state index contributed by atoms with van der Waals surface area (Å²) in [7, 11) is -9.69. The predicted octanol–water partition coefficient (Wildman–Crippen LogP) is 7.63. The third-order valence-corrected chi connectivity index (χ3v) is 10.9. The van der Waals surface area contributed by atoms with Gasteiger partial charge in [0.1, 0.15) is 11.5 Å². The standard InChI is InChI=1S/C35H54O10S2/c1-25(2)11-7-12-26(3)13-8-21-35(6,37)32(36)18-22-33(4)19-9-15-30-29(33)14-10-20-34(30,5)24-27-23-28(44-46(38,39)40)16-17-31(27)45-47(41,42)43/h11,13,16-17,23,32,36-37H,7-10,12,14-15,18-22,24H2,1-6H3,(H,38,39,40)(H,41,42,43)/b26-13+/t32?,33-,34-,35?/m0/s1. The third-order valence-electron chi connectivity index (χ3n) is 10.1. The van der Waals surface area contributed by atoms with Crippen LogP contribution in [-0.4, -0.2) is 47.9 Å². The number of hydrogen-bond acceptors (Lipinski definition) is 8. The van der Waals surface area contributed by atoms with Gasteiger partial charge in [-0.25, -0.2) is 0 Å². The highest BCUT2D eigenvalue weighted by Gasteiger charge is 2.44. The molecule has 2 aliphatic rings. The molecule has 266 valence electrons. The van der Waals surface area contributed by atoms with E-state index in [0.717, 1.165) is 57.4 Å². The lowest BCUT2D eigenvalue weighted by molar-refractivity contribution is -0.0732. The summed E-state index contributed by atoms with van der Waals surface area (Å²) >= 11 is 0. The molecule has 0 heterocycles. The van der Waals surface area contributed by atoms with Gasteiger partial charge in [0.25, 0.3) is 0 Å². The number of hydrogen-bond donors (Lipinski definition) is 4. The van der Waals surface area contributed by atoms with E-state index in [1.807, 2.05) is 0 Å². The van der Waals surface area contributed by atoms with E-state index in [1.54, 1.807) is 6.92 Å². The Kier molecular flexibility index (Phi) is 13.0. The first-order valence-corrected chi connectivity index (χ1v) is 19.2. The smallest absolute Gasteiger partial charge is 0.390 e. The van der Waals surface area contributed by atoms with Gasteiger partial charge in [0.15, 0.2) is 0 Å². The van der Waals surface area contributed by atoms with Crippen LogP contribution in [0.5, 0.6) is 11.5 Å². The Balaban J connectivity index is 1.80. The first kappa shape index (κ1) is 39.2. The molecular weight excluding hydrogens is 645 g/mol. The van der Waals surface area contributed by atoms with E-state index in [0.29, 0.717) is 31.2 Å². The lowest BCUT2D eigenvalue weighted by atomic mass is 9.57. The molecule has 12 heteroatoms. The maximum Gasteiger partial charge on any atom is 0.446 e. The summed E-state index contributed by atoms with van der Waals surface area (Å²) in [6.07, 6.45) is 13.3. The zero-order valence-corrected chi connectivity index (χ0v) is 30.3. The number of benzene rings is 1.